The number of benzene rings is 1. The zero-order valence-electron chi connectivity index (χ0n) is 15.3. The molecule has 0 bridgehead atoms. The first-order valence-corrected chi connectivity index (χ1v) is 9.05. The van der Waals surface area contributed by atoms with Gasteiger partial charge in [-0.15, -0.1) is 0 Å². The van der Waals surface area contributed by atoms with Crippen LogP contribution in [0, 0.1) is 0 Å². The van der Waals surface area contributed by atoms with Gasteiger partial charge in [0.1, 0.15) is 11.6 Å². The largest absolute Gasteiger partial charge is 0.378 e. The molecular weight excluding hydrogens is 358 g/mol. The summed E-state index contributed by atoms with van der Waals surface area (Å²) < 4.78 is 5.38. The van der Waals surface area contributed by atoms with Gasteiger partial charge in [0.25, 0.3) is 5.91 Å². The van der Waals surface area contributed by atoms with Crippen molar-refractivity contribution in [1.29, 1.82) is 0 Å². The maximum absolute atomic E-state index is 12.8. The van der Waals surface area contributed by atoms with Gasteiger partial charge in [-0.1, -0.05) is 0 Å². The third-order valence-corrected chi connectivity index (χ3v) is 4.47. The fourth-order valence-corrected chi connectivity index (χ4v) is 3.02. The summed E-state index contributed by atoms with van der Waals surface area (Å²) in [7, 11) is 0. The molecule has 0 aliphatic carbocycles. The van der Waals surface area contributed by atoms with Crippen molar-refractivity contribution in [3.8, 4) is 11.4 Å². The molecule has 0 radical (unpaired) electrons. The Morgan fingerprint density at radius 2 is 2.00 bits per heavy atom. The van der Waals surface area contributed by atoms with E-state index in [4.69, 9.17) is 10.5 Å². The van der Waals surface area contributed by atoms with Gasteiger partial charge in [0, 0.05) is 30.5 Å². The number of rotatable bonds is 5. The van der Waals surface area contributed by atoms with Crippen LogP contribution >= 0.6 is 0 Å². The minimum absolute atomic E-state index is 0.203. The first kappa shape index (κ1) is 18.1. The highest BCUT2D eigenvalue weighted by Gasteiger charge is 2.20. The molecule has 3 aromatic rings. The van der Waals surface area contributed by atoms with Crippen LogP contribution < -0.4 is 16.0 Å². The van der Waals surface area contributed by atoms with Crippen LogP contribution in [-0.4, -0.2) is 52.4 Å². The average molecular weight is 379 g/mol. The standard InChI is InChI=1S/C19H21N7O2/c20-12-16-23-17(25-24-16)13-3-5-14(6-4-13)22-19(27)15-2-1-7-21-18(15)26-8-10-28-11-9-26/h1-7H,8-12,20H2,(H,22,27)(H,23,24,25). The number of nitrogens with one attached hydrogen (secondary N) is 2. The van der Waals surface area contributed by atoms with Crippen LogP contribution in [0.5, 0.6) is 0 Å². The third-order valence-electron chi connectivity index (χ3n) is 4.47. The van der Waals surface area contributed by atoms with Gasteiger partial charge in [-0.3, -0.25) is 9.89 Å². The molecule has 4 N–H and O–H groups in total. The van der Waals surface area contributed by atoms with Crippen LogP contribution in [0.3, 0.4) is 0 Å². The lowest BCUT2D eigenvalue weighted by molar-refractivity contribution is 0.102. The molecule has 9 heteroatoms. The summed E-state index contributed by atoms with van der Waals surface area (Å²) in [6.45, 7) is 3.00. The summed E-state index contributed by atoms with van der Waals surface area (Å²) in [5, 5.41) is 9.84. The second kappa shape index (κ2) is 8.15. The van der Waals surface area contributed by atoms with E-state index in [-0.39, 0.29) is 5.91 Å². The number of morpholine rings is 1. The molecule has 0 saturated carbocycles. The Morgan fingerprint density at radius 1 is 1.21 bits per heavy atom. The average Bonchev–Trinajstić information content (AvgIpc) is 3.24. The van der Waals surface area contributed by atoms with Crippen molar-refractivity contribution < 1.29 is 9.53 Å². The molecule has 0 spiro atoms. The summed E-state index contributed by atoms with van der Waals surface area (Å²) in [5.41, 5.74) is 7.60. The predicted octanol–water partition coefficient (Wildman–Crippen LogP) is 1.41. The Bertz CT molecular complexity index is 949. The van der Waals surface area contributed by atoms with Gasteiger partial charge in [-0.05, 0) is 36.4 Å². The Morgan fingerprint density at radius 3 is 2.71 bits per heavy atom. The normalized spacial score (nSPS) is 14.1. The monoisotopic (exact) mass is 379 g/mol. The number of nitrogens with two attached hydrogens (primary N) is 1. The number of carbonyl (C=O) groups excluding carboxylic acids is 1. The lowest BCUT2D eigenvalue weighted by atomic mass is 10.1. The number of hydrogen-bond donors (Lipinski definition) is 3. The van der Waals surface area contributed by atoms with Crippen molar-refractivity contribution in [2.45, 2.75) is 6.54 Å². The molecular formula is C19H21N7O2. The molecule has 0 unspecified atom stereocenters. The summed E-state index contributed by atoms with van der Waals surface area (Å²) in [6, 6.07) is 10.9. The number of hydrogen-bond acceptors (Lipinski definition) is 7. The van der Waals surface area contributed by atoms with Crippen LogP contribution in [0.2, 0.25) is 0 Å². The van der Waals surface area contributed by atoms with Crippen LogP contribution in [0.4, 0.5) is 11.5 Å². The first-order valence-electron chi connectivity index (χ1n) is 9.05. The molecule has 1 aliphatic rings. The fourth-order valence-electron chi connectivity index (χ4n) is 3.02. The van der Waals surface area contributed by atoms with E-state index >= 15 is 0 Å². The number of carbonyl (C=O) groups is 1. The van der Waals surface area contributed by atoms with Gasteiger partial charge < -0.3 is 20.7 Å². The van der Waals surface area contributed by atoms with E-state index in [1.807, 2.05) is 24.3 Å². The molecule has 1 aromatic carbocycles. The number of aromatic nitrogens is 4. The number of amides is 1. The second-order valence-electron chi connectivity index (χ2n) is 6.32. The van der Waals surface area contributed by atoms with Crippen molar-refractivity contribution >= 4 is 17.4 Å². The molecule has 4 rings (SSSR count). The summed E-state index contributed by atoms with van der Waals surface area (Å²) >= 11 is 0. The number of pyridine rings is 1. The highest BCUT2D eigenvalue weighted by Crippen LogP contribution is 2.22. The van der Waals surface area contributed by atoms with Gasteiger partial charge in [0.15, 0.2) is 5.82 Å². The quantitative estimate of drug-likeness (QED) is 0.613. The van der Waals surface area contributed by atoms with Gasteiger partial charge in [-0.25, -0.2) is 9.97 Å². The summed E-state index contributed by atoms with van der Waals surface area (Å²) in [4.78, 5) is 23.6. The Hall–Kier alpha value is -3.30. The third kappa shape index (κ3) is 3.85. The molecule has 1 fully saturated rings. The molecule has 1 aliphatic heterocycles. The fraction of sp³-hybridized carbons (Fsp3) is 0.263. The van der Waals surface area contributed by atoms with Crippen LogP contribution in [0.15, 0.2) is 42.6 Å². The predicted molar refractivity (Wildman–Crippen MR) is 105 cm³/mol. The highest BCUT2D eigenvalue weighted by atomic mass is 16.5. The minimum Gasteiger partial charge on any atom is -0.378 e. The van der Waals surface area contributed by atoms with Gasteiger partial charge in [0.05, 0.1) is 25.3 Å². The summed E-state index contributed by atoms with van der Waals surface area (Å²) in [6.07, 6.45) is 1.70. The van der Waals surface area contributed by atoms with E-state index in [9.17, 15) is 4.79 Å². The SMILES string of the molecule is NCc1nc(-c2ccc(NC(=O)c3cccnc3N3CCOCC3)cc2)n[nH]1. The number of nitrogens with zero attached hydrogens (tertiary/aromatic N) is 4. The number of anilines is 2. The highest BCUT2D eigenvalue weighted by molar-refractivity contribution is 6.07. The molecule has 2 aromatic heterocycles. The first-order chi connectivity index (χ1) is 13.7. The van der Waals surface area contributed by atoms with Crippen molar-refractivity contribution in [3.63, 3.8) is 0 Å². The van der Waals surface area contributed by atoms with Crippen LogP contribution in [0.1, 0.15) is 16.2 Å². The van der Waals surface area contributed by atoms with Gasteiger partial charge >= 0.3 is 0 Å². The van der Waals surface area contributed by atoms with E-state index in [2.05, 4.69) is 30.4 Å². The topological polar surface area (TPSA) is 122 Å². The second-order valence-corrected chi connectivity index (χ2v) is 6.32. The van der Waals surface area contributed by atoms with E-state index < -0.39 is 0 Å². The Kier molecular flexibility index (Phi) is 5.27. The number of aromatic amines is 1. The Balaban J connectivity index is 1.49. The van der Waals surface area contributed by atoms with Gasteiger partial charge in [0.2, 0.25) is 0 Å². The van der Waals surface area contributed by atoms with Gasteiger partial charge in [-0.2, -0.15) is 5.10 Å². The van der Waals surface area contributed by atoms with E-state index in [1.54, 1.807) is 18.3 Å². The zero-order chi connectivity index (χ0) is 19.3. The molecule has 144 valence electrons. The van der Waals surface area contributed by atoms with Crippen molar-refractivity contribution in [1.82, 2.24) is 20.2 Å². The molecule has 28 heavy (non-hydrogen) atoms. The Labute approximate surface area is 161 Å². The van der Waals surface area contributed by atoms with Crippen LogP contribution in [0.25, 0.3) is 11.4 Å². The number of H-pyrrole nitrogens is 1. The molecule has 3 heterocycles. The smallest absolute Gasteiger partial charge is 0.259 e. The molecule has 1 saturated heterocycles. The summed E-state index contributed by atoms with van der Waals surface area (Å²) in [5.74, 6) is 1.67. The minimum atomic E-state index is -0.203. The molecule has 9 nitrogen and oxygen atoms in total. The number of ether oxygens (including phenoxy) is 1. The van der Waals surface area contributed by atoms with E-state index in [1.165, 1.54) is 0 Å². The molecule has 0 atom stereocenters. The van der Waals surface area contributed by atoms with Crippen molar-refractivity contribution in [2.75, 3.05) is 36.5 Å². The van der Waals surface area contributed by atoms with E-state index in [0.717, 1.165) is 5.56 Å². The van der Waals surface area contributed by atoms with E-state index in [0.29, 0.717) is 61.6 Å². The molecule has 1 amide bonds. The maximum Gasteiger partial charge on any atom is 0.259 e. The lowest BCUT2D eigenvalue weighted by Crippen LogP contribution is -2.38. The van der Waals surface area contributed by atoms with Crippen molar-refractivity contribution in [3.05, 3.63) is 54.0 Å². The van der Waals surface area contributed by atoms with Crippen molar-refractivity contribution in [2.24, 2.45) is 5.73 Å². The lowest BCUT2D eigenvalue weighted by Gasteiger charge is -2.29. The van der Waals surface area contributed by atoms with Crippen LogP contribution in [-0.2, 0) is 11.3 Å². The maximum atomic E-state index is 12.8. The zero-order valence-corrected chi connectivity index (χ0v) is 15.3.